The minimum atomic E-state index is -3.82. The Hall–Kier alpha value is -2.82. The second kappa shape index (κ2) is 8.37. The molecule has 0 aliphatic rings. The fourth-order valence-electron chi connectivity index (χ4n) is 2.62. The van der Waals surface area contributed by atoms with Gasteiger partial charge < -0.3 is 5.32 Å². The third-order valence-electron chi connectivity index (χ3n) is 4.41. The molecule has 0 atom stereocenters. The summed E-state index contributed by atoms with van der Waals surface area (Å²) in [6.07, 6.45) is 3.15. The van der Waals surface area contributed by atoms with Crippen molar-refractivity contribution in [2.45, 2.75) is 31.1 Å². The third-order valence-corrected chi connectivity index (χ3v) is 6.71. The normalized spacial score (nSPS) is 12.2. The van der Waals surface area contributed by atoms with Crippen molar-refractivity contribution < 1.29 is 13.2 Å². The van der Waals surface area contributed by atoms with Crippen molar-refractivity contribution in [3.8, 4) is 5.95 Å². The molecule has 0 radical (unpaired) electrons. The van der Waals surface area contributed by atoms with Crippen LogP contribution in [0.5, 0.6) is 0 Å². The first-order valence-electron chi connectivity index (χ1n) is 9.32. The molecule has 0 fully saturated rings. The van der Waals surface area contributed by atoms with E-state index in [0.29, 0.717) is 11.8 Å². The van der Waals surface area contributed by atoms with Crippen molar-refractivity contribution in [1.29, 1.82) is 0 Å². The highest BCUT2D eigenvalue weighted by atomic mass is 35.5. The Morgan fingerprint density at radius 1 is 1.13 bits per heavy atom. The van der Waals surface area contributed by atoms with Crippen LogP contribution in [0.25, 0.3) is 5.95 Å². The lowest BCUT2D eigenvalue weighted by Gasteiger charge is -2.14. The summed E-state index contributed by atoms with van der Waals surface area (Å²) in [4.78, 5) is 21.2. The van der Waals surface area contributed by atoms with Crippen LogP contribution in [0.2, 0.25) is 5.02 Å². The van der Waals surface area contributed by atoms with Crippen molar-refractivity contribution in [2.75, 3.05) is 19.4 Å². The zero-order valence-corrected chi connectivity index (χ0v) is 19.4. The van der Waals surface area contributed by atoms with Crippen LogP contribution in [0.1, 0.15) is 36.8 Å². The van der Waals surface area contributed by atoms with Gasteiger partial charge >= 0.3 is 0 Å². The predicted octanol–water partition coefficient (Wildman–Crippen LogP) is 3.12. The number of sulfonamides is 1. The highest BCUT2D eigenvalue weighted by Gasteiger charge is 2.25. The molecule has 0 unspecified atom stereocenters. The van der Waals surface area contributed by atoms with Crippen LogP contribution in [0, 0.1) is 0 Å². The molecule has 0 bridgehead atoms. The summed E-state index contributed by atoms with van der Waals surface area (Å²) in [6, 6.07) is 7.50. The molecule has 2 heterocycles. The number of nitrogens with zero attached hydrogens (tertiary/aromatic N) is 5. The van der Waals surface area contributed by atoms with Gasteiger partial charge in [-0.1, -0.05) is 32.4 Å². The molecule has 9 nitrogen and oxygen atoms in total. The fraction of sp³-hybridized carbons (Fsp3) is 0.300. The van der Waals surface area contributed by atoms with Gasteiger partial charge in [-0.15, -0.1) is 0 Å². The molecular weight excluding hydrogens is 440 g/mol. The van der Waals surface area contributed by atoms with Gasteiger partial charge in [0.1, 0.15) is 10.7 Å². The maximum absolute atomic E-state index is 13.0. The number of carbonyl (C=O) groups is 1. The SMILES string of the molecule is CN(C)S(=O)(=O)c1cc(C(=O)Nc2cc(C(C)(C)C)nn2-c2ncccn2)ccc1Cl. The van der Waals surface area contributed by atoms with E-state index in [0.717, 1.165) is 10.00 Å². The molecule has 1 amide bonds. The largest absolute Gasteiger partial charge is 0.306 e. The first-order chi connectivity index (χ1) is 14.4. The van der Waals surface area contributed by atoms with E-state index in [1.54, 1.807) is 24.5 Å². The van der Waals surface area contributed by atoms with E-state index in [-0.39, 0.29) is 20.9 Å². The molecule has 3 aromatic rings. The van der Waals surface area contributed by atoms with Crippen molar-refractivity contribution in [3.05, 3.63) is 59.0 Å². The van der Waals surface area contributed by atoms with E-state index in [1.165, 1.54) is 37.0 Å². The van der Waals surface area contributed by atoms with Gasteiger partial charge in [-0.2, -0.15) is 9.78 Å². The number of anilines is 1. The molecule has 0 saturated carbocycles. The second-order valence-electron chi connectivity index (χ2n) is 8.01. The maximum atomic E-state index is 13.0. The second-order valence-corrected chi connectivity index (χ2v) is 10.5. The van der Waals surface area contributed by atoms with Crippen LogP contribution in [0.15, 0.2) is 47.6 Å². The van der Waals surface area contributed by atoms with Crippen LogP contribution >= 0.6 is 11.6 Å². The number of carbonyl (C=O) groups excluding carboxylic acids is 1. The van der Waals surface area contributed by atoms with Crippen LogP contribution in [-0.2, 0) is 15.4 Å². The Balaban J connectivity index is 2.02. The number of amides is 1. The number of aromatic nitrogens is 4. The topological polar surface area (TPSA) is 110 Å². The van der Waals surface area contributed by atoms with Gasteiger partial charge in [0, 0.05) is 43.5 Å². The molecule has 0 aliphatic heterocycles. The van der Waals surface area contributed by atoms with E-state index in [4.69, 9.17) is 11.6 Å². The molecule has 2 aromatic heterocycles. The Morgan fingerprint density at radius 3 is 2.35 bits per heavy atom. The highest BCUT2D eigenvalue weighted by Crippen LogP contribution is 2.27. The van der Waals surface area contributed by atoms with Gasteiger partial charge in [-0.3, -0.25) is 4.79 Å². The molecule has 0 aliphatic carbocycles. The third kappa shape index (κ3) is 4.76. The lowest BCUT2D eigenvalue weighted by Crippen LogP contribution is -2.23. The molecule has 1 N–H and O–H groups in total. The fourth-order valence-corrected chi connectivity index (χ4v) is 4.01. The average molecular weight is 463 g/mol. The number of hydrogen-bond acceptors (Lipinski definition) is 6. The minimum absolute atomic E-state index is 0.0306. The minimum Gasteiger partial charge on any atom is -0.306 e. The number of rotatable bonds is 5. The Labute approximate surface area is 186 Å². The van der Waals surface area contributed by atoms with E-state index >= 15 is 0 Å². The van der Waals surface area contributed by atoms with E-state index in [1.807, 2.05) is 20.8 Å². The summed E-state index contributed by atoms with van der Waals surface area (Å²) in [5.74, 6) is 0.123. The molecule has 31 heavy (non-hydrogen) atoms. The van der Waals surface area contributed by atoms with Crippen LogP contribution in [0.4, 0.5) is 5.82 Å². The summed E-state index contributed by atoms with van der Waals surface area (Å²) >= 11 is 6.08. The molecule has 0 spiro atoms. The summed E-state index contributed by atoms with van der Waals surface area (Å²) in [7, 11) is -1.03. The van der Waals surface area contributed by atoms with Crippen molar-refractivity contribution in [3.63, 3.8) is 0 Å². The molecule has 3 rings (SSSR count). The van der Waals surface area contributed by atoms with Gasteiger partial charge in [-0.05, 0) is 24.3 Å². The van der Waals surface area contributed by atoms with Gasteiger partial charge in [-0.25, -0.2) is 22.7 Å². The Kier molecular flexibility index (Phi) is 6.17. The number of benzene rings is 1. The first kappa shape index (κ1) is 22.9. The van der Waals surface area contributed by atoms with Gasteiger partial charge in [0.2, 0.25) is 10.0 Å². The monoisotopic (exact) mass is 462 g/mol. The first-order valence-corrected chi connectivity index (χ1v) is 11.1. The lowest BCUT2D eigenvalue weighted by molar-refractivity contribution is 0.102. The van der Waals surface area contributed by atoms with Crippen molar-refractivity contribution in [2.24, 2.45) is 0 Å². The Morgan fingerprint density at radius 2 is 1.77 bits per heavy atom. The van der Waals surface area contributed by atoms with Crippen LogP contribution < -0.4 is 5.32 Å². The van der Waals surface area contributed by atoms with E-state index in [9.17, 15) is 13.2 Å². The number of halogens is 1. The highest BCUT2D eigenvalue weighted by molar-refractivity contribution is 7.89. The molecule has 164 valence electrons. The van der Waals surface area contributed by atoms with Gasteiger partial charge in [0.05, 0.1) is 10.7 Å². The zero-order chi connectivity index (χ0) is 23.0. The maximum Gasteiger partial charge on any atom is 0.256 e. The quantitative estimate of drug-likeness (QED) is 0.623. The molecule has 1 aromatic carbocycles. The van der Waals surface area contributed by atoms with E-state index < -0.39 is 15.9 Å². The number of nitrogens with one attached hydrogen (secondary N) is 1. The summed E-state index contributed by atoms with van der Waals surface area (Å²) in [6.45, 7) is 5.98. The smallest absolute Gasteiger partial charge is 0.256 e. The number of hydrogen-bond donors (Lipinski definition) is 1. The zero-order valence-electron chi connectivity index (χ0n) is 17.8. The summed E-state index contributed by atoms with van der Waals surface area (Å²) < 4.78 is 27.5. The molecule has 0 saturated heterocycles. The van der Waals surface area contributed by atoms with Crippen molar-refractivity contribution >= 4 is 33.3 Å². The van der Waals surface area contributed by atoms with Gasteiger partial charge in [0.25, 0.3) is 11.9 Å². The van der Waals surface area contributed by atoms with Gasteiger partial charge in [0.15, 0.2) is 0 Å². The predicted molar refractivity (Wildman–Crippen MR) is 118 cm³/mol. The Bertz CT molecular complexity index is 1220. The molecule has 11 heteroatoms. The average Bonchev–Trinajstić information content (AvgIpc) is 3.13. The summed E-state index contributed by atoms with van der Waals surface area (Å²) in [5.41, 5.74) is 0.568. The summed E-state index contributed by atoms with van der Waals surface area (Å²) in [5, 5.41) is 7.35. The van der Waals surface area contributed by atoms with Crippen molar-refractivity contribution in [1.82, 2.24) is 24.1 Å². The van der Waals surface area contributed by atoms with Crippen LogP contribution in [-0.4, -0.2) is 52.5 Å². The lowest BCUT2D eigenvalue weighted by atomic mass is 9.92. The van der Waals surface area contributed by atoms with Crippen LogP contribution in [0.3, 0.4) is 0 Å². The van der Waals surface area contributed by atoms with E-state index in [2.05, 4.69) is 20.4 Å². The standard InChI is InChI=1S/C20H23ClN6O3S/c1-20(2,3)16-12-17(27(25-16)19-22-9-6-10-23-19)24-18(28)13-7-8-14(21)15(11-13)31(29,30)26(4)5/h6-12H,1-5H3,(H,24,28). The molecular formula is C20H23ClN6O3S.